The van der Waals surface area contributed by atoms with Crippen molar-refractivity contribution in [2.24, 2.45) is 0 Å². The van der Waals surface area contributed by atoms with E-state index in [1.54, 1.807) is 43.3 Å². The van der Waals surface area contributed by atoms with E-state index < -0.39 is 0 Å². The maximum atomic E-state index is 12.7. The molecule has 0 aliphatic heterocycles. The Balaban J connectivity index is 1.43. The van der Waals surface area contributed by atoms with E-state index in [4.69, 9.17) is 4.42 Å². The van der Waals surface area contributed by atoms with Gasteiger partial charge in [0.05, 0.1) is 4.88 Å². The van der Waals surface area contributed by atoms with E-state index in [2.05, 4.69) is 20.9 Å². The lowest BCUT2D eigenvalue weighted by atomic mass is 10.2. The first-order valence-electron chi connectivity index (χ1n) is 9.14. The van der Waals surface area contributed by atoms with Gasteiger partial charge in [-0.3, -0.25) is 4.79 Å². The van der Waals surface area contributed by atoms with Gasteiger partial charge in [-0.2, -0.15) is 0 Å². The van der Waals surface area contributed by atoms with Gasteiger partial charge >= 0.3 is 6.03 Å². The number of thiophene rings is 1. The molecule has 0 radical (unpaired) electrons. The minimum absolute atomic E-state index is 0.221. The second kappa shape index (κ2) is 8.62. The highest BCUT2D eigenvalue weighted by Gasteiger charge is 2.19. The number of amides is 3. The number of oxazole rings is 1. The molecule has 0 atom stereocenters. The molecule has 150 valence electrons. The average molecular weight is 418 g/mol. The zero-order chi connectivity index (χ0) is 20.9. The summed E-state index contributed by atoms with van der Waals surface area (Å²) < 4.78 is 5.62. The molecule has 0 spiro atoms. The predicted octanol–water partition coefficient (Wildman–Crippen LogP) is 5.61. The molecule has 0 saturated carbocycles. The molecule has 3 N–H and O–H groups in total. The first-order valence-corrected chi connectivity index (χ1v) is 10.0. The fourth-order valence-electron chi connectivity index (χ4n) is 2.79. The summed E-state index contributed by atoms with van der Waals surface area (Å²) in [4.78, 5) is 30.0. The Morgan fingerprint density at radius 2 is 1.57 bits per heavy atom. The van der Waals surface area contributed by atoms with Gasteiger partial charge in [0.15, 0.2) is 5.69 Å². The molecule has 2 aromatic carbocycles. The Bertz CT molecular complexity index is 1170. The van der Waals surface area contributed by atoms with Gasteiger partial charge in [-0.1, -0.05) is 30.3 Å². The number of rotatable bonds is 5. The van der Waals surface area contributed by atoms with Crippen LogP contribution >= 0.6 is 11.3 Å². The molecule has 7 nitrogen and oxygen atoms in total. The number of benzene rings is 2. The number of aromatic nitrogens is 1. The lowest BCUT2D eigenvalue weighted by molar-refractivity contribution is 0.102. The summed E-state index contributed by atoms with van der Waals surface area (Å²) in [6.07, 6.45) is 0. The molecule has 0 unspecified atom stereocenters. The van der Waals surface area contributed by atoms with E-state index in [1.165, 1.54) is 11.3 Å². The number of hydrogen-bond donors (Lipinski definition) is 3. The summed E-state index contributed by atoms with van der Waals surface area (Å²) in [6, 6.07) is 19.4. The lowest BCUT2D eigenvalue weighted by Crippen LogP contribution is -2.19. The van der Waals surface area contributed by atoms with Crippen molar-refractivity contribution in [3.63, 3.8) is 0 Å². The van der Waals surface area contributed by atoms with Crippen molar-refractivity contribution in [3.05, 3.63) is 83.6 Å². The van der Waals surface area contributed by atoms with Gasteiger partial charge in [-0.05, 0) is 48.7 Å². The van der Waals surface area contributed by atoms with Crippen LogP contribution in [0, 0.1) is 6.92 Å². The largest absolute Gasteiger partial charge is 0.440 e. The number of aryl methyl sites for hydroxylation is 1. The highest BCUT2D eigenvalue weighted by molar-refractivity contribution is 7.13. The molecule has 2 aromatic heterocycles. The summed E-state index contributed by atoms with van der Waals surface area (Å²) >= 11 is 1.49. The number of carbonyl (C=O) groups excluding carboxylic acids is 2. The van der Waals surface area contributed by atoms with E-state index in [0.717, 1.165) is 4.88 Å². The van der Waals surface area contributed by atoms with E-state index in [1.807, 2.05) is 35.7 Å². The second-order valence-electron chi connectivity index (χ2n) is 6.38. The van der Waals surface area contributed by atoms with Gasteiger partial charge in [0.1, 0.15) is 5.76 Å². The molecule has 0 aliphatic carbocycles. The van der Waals surface area contributed by atoms with E-state index in [-0.39, 0.29) is 17.6 Å². The molecule has 0 fully saturated rings. The summed E-state index contributed by atoms with van der Waals surface area (Å²) in [5.41, 5.74) is 1.97. The highest BCUT2D eigenvalue weighted by atomic mass is 32.1. The van der Waals surface area contributed by atoms with Crippen LogP contribution in [0.2, 0.25) is 0 Å². The minimum atomic E-state index is -0.384. The predicted molar refractivity (Wildman–Crippen MR) is 118 cm³/mol. The number of carbonyl (C=O) groups is 2. The molecule has 0 saturated heterocycles. The van der Waals surface area contributed by atoms with Crippen LogP contribution in [-0.4, -0.2) is 16.9 Å². The summed E-state index contributed by atoms with van der Waals surface area (Å²) in [5, 5.41) is 10.2. The van der Waals surface area contributed by atoms with Crippen molar-refractivity contribution >= 4 is 40.3 Å². The lowest BCUT2D eigenvalue weighted by Gasteiger charge is -2.09. The topological polar surface area (TPSA) is 96.3 Å². The highest BCUT2D eigenvalue weighted by Crippen LogP contribution is 2.26. The molecule has 30 heavy (non-hydrogen) atoms. The number of nitrogens with zero attached hydrogens (tertiary/aromatic N) is 1. The van der Waals surface area contributed by atoms with Crippen molar-refractivity contribution in [2.75, 3.05) is 16.0 Å². The molecule has 3 amide bonds. The Morgan fingerprint density at radius 3 is 2.30 bits per heavy atom. The van der Waals surface area contributed by atoms with Crippen LogP contribution in [0.3, 0.4) is 0 Å². The third-order valence-electron chi connectivity index (χ3n) is 4.15. The van der Waals surface area contributed by atoms with Crippen molar-refractivity contribution in [3.8, 4) is 10.8 Å². The number of hydrogen-bond acceptors (Lipinski definition) is 5. The first-order chi connectivity index (χ1) is 14.6. The van der Waals surface area contributed by atoms with Crippen molar-refractivity contribution < 1.29 is 14.0 Å². The smallest absolute Gasteiger partial charge is 0.323 e. The van der Waals surface area contributed by atoms with Crippen LogP contribution in [0.5, 0.6) is 0 Å². The zero-order valence-corrected chi connectivity index (χ0v) is 16.8. The van der Waals surface area contributed by atoms with Gasteiger partial charge < -0.3 is 20.4 Å². The van der Waals surface area contributed by atoms with E-state index in [0.29, 0.717) is 28.7 Å². The number of para-hydroxylation sites is 1. The molecule has 4 rings (SSSR count). The van der Waals surface area contributed by atoms with Gasteiger partial charge in [-0.25, -0.2) is 9.78 Å². The standard InChI is InChI=1S/C22H18N4O3S/c1-14-19(26-21(29-14)18-11-6-12-30-18)20(27)23-16-9-5-10-17(13-16)25-22(28)24-15-7-3-2-4-8-15/h2-13H,1H3,(H,23,27)(H2,24,25,28). The summed E-state index contributed by atoms with van der Waals surface area (Å²) in [5.74, 6) is 0.470. The molecule has 4 aromatic rings. The zero-order valence-electron chi connectivity index (χ0n) is 16.0. The summed E-state index contributed by atoms with van der Waals surface area (Å²) in [7, 11) is 0. The normalized spacial score (nSPS) is 10.4. The number of urea groups is 1. The third-order valence-corrected chi connectivity index (χ3v) is 5.01. The molecular formula is C22H18N4O3S. The monoisotopic (exact) mass is 418 g/mol. The van der Waals surface area contributed by atoms with Crippen LogP contribution in [-0.2, 0) is 0 Å². The van der Waals surface area contributed by atoms with Crippen molar-refractivity contribution in [1.82, 2.24) is 4.98 Å². The van der Waals surface area contributed by atoms with Crippen LogP contribution < -0.4 is 16.0 Å². The Labute approximate surface area is 176 Å². The van der Waals surface area contributed by atoms with E-state index >= 15 is 0 Å². The van der Waals surface area contributed by atoms with Gasteiger partial charge in [0.25, 0.3) is 5.91 Å². The van der Waals surface area contributed by atoms with Gasteiger partial charge in [0.2, 0.25) is 5.89 Å². The Hall–Kier alpha value is -3.91. The van der Waals surface area contributed by atoms with Gasteiger partial charge in [0, 0.05) is 17.1 Å². The fraction of sp³-hybridized carbons (Fsp3) is 0.0455. The summed E-state index contributed by atoms with van der Waals surface area (Å²) in [6.45, 7) is 1.70. The maximum Gasteiger partial charge on any atom is 0.323 e. The molecule has 0 bridgehead atoms. The second-order valence-corrected chi connectivity index (χ2v) is 7.33. The Morgan fingerprint density at radius 1 is 0.867 bits per heavy atom. The molecule has 8 heteroatoms. The van der Waals surface area contributed by atoms with Crippen LogP contribution in [0.1, 0.15) is 16.2 Å². The molecular weight excluding hydrogens is 400 g/mol. The fourth-order valence-corrected chi connectivity index (χ4v) is 3.44. The first kappa shape index (κ1) is 19.4. The van der Waals surface area contributed by atoms with Crippen LogP contribution in [0.4, 0.5) is 21.9 Å². The van der Waals surface area contributed by atoms with Crippen LogP contribution in [0.25, 0.3) is 10.8 Å². The maximum absolute atomic E-state index is 12.7. The number of nitrogens with one attached hydrogen (secondary N) is 3. The molecule has 0 aliphatic rings. The SMILES string of the molecule is Cc1oc(-c2cccs2)nc1C(=O)Nc1cccc(NC(=O)Nc2ccccc2)c1. The van der Waals surface area contributed by atoms with E-state index in [9.17, 15) is 9.59 Å². The Kier molecular flexibility index (Phi) is 5.58. The van der Waals surface area contributed by atoms with Crippen molar-refractivity contribution in [2.45, 2.75) is 6.92 Å². The number of anilines is 3. The third kappa shape index (κ3) is 4.56. The minimum Gasteiger partial charge on any atom is -0.440 e. The van der Waals surface area contributed by atoms with Gasteiger partial charge in [-0.15, -0.1) is 11.3 Å². The molecule has 2 heterocycles. The quantitative estimate of drug-likeness (QED) is 0.393. The average Bonchev–Trinajstić information content (AvgIpc) is 3.38. The van der Waals surface area contributed by atoms with Crippen molar-refractivity contribution in [1.29, 1.82) is 0 Å². The van der Waals surface area contributed by atoms with Crippen LogP contribution in [0.15, 0.2) is 76.5 Å².